The molecule has 2 amide bonds. The lowest BCUT2D eigenvalue weighted by Crippen LogP contribution is -2.24. The minimum absolute atomic E-state index is 0.0529. The Balaban J connectivity index is 1.61. The molecule has 0 saturated carbocycles. The Morgan fingerprint density at radius 3 is 2.74 bits per heavy atom. The maximum absolute atomic E-state index is 12.6. The van der Waals surface area contributed by atoms with Crippen molar-refractivity contribution >= 4 is 34.2 Å². The third kappa shape index (κ3) is 3.31. The monoisotopic (exact) mass is 362 g/mol. The quantitative estimate of drug-likeness (QED) is 0.771. The molecule has 0 spiro atoms. The maximum atomic E-state index is 12.6. The molecule has 27 heavy (non-hydrogen) atoms. The number of amides is 2. The standard InChI is InChI=1S/C20H18N4O3/c1-27-18-9-8-13(11-17(18)24-10-4-7-19(24)25)22-20(26)16-12-21-14-5-2-3-6-15(14)23-16/h2-3,5-6,8-9,11-12H,4,7,10H2,1H3,(H,22,26). The molecule has 7 nitrogen and oxygen atoms in total. The third-order valence-electron chi connectivity index (χ3n) is 4.48. The van der Waals surface area contributed by atoms with E-state index >= 15 is 0 Å². The number of carbonyl (C=O) groups is 2. The van der Waals surface area contributed by atoms with Crippen LogP contribution in [0.4, 0.5) is 11.4 Å². The first-order chi connectivity index (χ1) is 13.2. The molecule has 1 N–H and O–H groups in total. The lowest BCUT2D eigenvalue weighted by atomic mass is 10.2. The number of fused-ring (bicyclic) bond motifs is 1. The Morgan fingerprint density at radius 2 is 2.00 bits per heavy atom. The highest BCUT2D eigenvalue weighted by Gasteiger charge is 2.25. The summed E-state index contributed by atoms with van der Waals surface area (Å²) >= 11 is 0. The second-order valence-corrected chi connectivity index (χ2v) is 6.23. The van der Waals surface area contributed by atoms with E-state index < -0.39 is 0 Å². The van der Waals surface area contributed by atoms with Gasteiger partial charge in [0.25, 0.3) is 5.91 Å². The SMILES string of the molecule is COc1ccc(NC(=O)c2cnc3ccccc3n2)cc1N1CCCC1=O. The number of nitrogens with one attached hydrogen (secondary N) is 1. The van der Waals surface area contributed by atoms with Gasteiger partial charge in [0.2, 0.25) is 5.91 Å². The van der Waals surface area contributed by atoms with Crippen molar-refractivity contribution in [3.05, 3.63) is 54.4 Å². The van der Waals surface area contributed by atoms with Crippen LogP contribution in [0.5, 0.6) is 5.75 Å². The van der Waals surface area contributed by atoms with Crippen LogP contribution in [-0.2, 0) is 4.79 Å². The highest BCUT2D eigenvalue weighted by atomic mass is 16.5. The third-order valence-corrected chi connectivity index (χ3v) is 4.48. The Labute approximate surface area is 156 Å². The van der Waals surface area contributed by atoms with Crippen molar-refractivity contribution in [2.75, 3.05) is 23.9 Å². The van der Waals surface area contributed by atoms with E-state index in [1.165, 1.54) is 6.20 Å². The second-order valence-electron chi connectivity index (χ2n) is 6.23. The summed E-state index contributed by atoms with van der Waals surface area (Å²) in [6, 6.07) is 12.6. The Kier molecular flexibility index (Phi) is 4.42. The van der Waals surface area contributed by atoms with Crippen LogP contribution in [-0.4, -0.2) is 35.4 Å². The van der Waals surface area contributed by atoms with Crippen molar-refractivity contribution in [2.24, 2.45) is 0 Å². The molecule has 7 heteroatoms. The fourth-order valence-corrected chi connectivity index (χ4v) is 3.14. The van der Waals surface area contributed by atoms with Crippen LogP contribution >= 0.6 is 0 Å². The molecule has 0 unspecified atom stereocenters. The van der Waals surface area contributed by atoms with E-state index in [-0.39, 0.29) is 17.5 Å². The zero-order valence-corrected chi connectivity index (χ0v) is 14.8. The number of hydrogen-bond donors (Lipinski definition) is 1. The molecule has 2 aromatic carbocycles. The minimum atomic E-state index is -0.364. The van der Waals surface area contributed by atoms with Gasteiger partial charge in [0.05, 0.1) is 30.0 Å². The van der Waals surface area contributed by atoms with Gasteiger partial charge in [-0.1, -0.05) is 12.1 Å². The predicted octanol–water partition coefficient (Wildman–Crippen LogP) is 3.02. The zero-order chi connectivity index (χ0) is 18.8. The lowest BCUT2D eigenvalue weighted by molar-refractivity contribution is -0.117. The topological polar surface area (TPSA) is 84.4 Å². The van der Waals surface area contributed by atoms with E-state index in [9.17, 15) is 9.59 Å². The van der Waals surface area contributed by atoms with Crippen LogP contribution in [0.2, 0.25) is 0 Å². The molecule has 1 fully saturated rings. The maximum Gasteiger partial charge on any atom is 0.275 e. The fourth-order valence-electron chi connectivity index (χ4n) is 3.14. The summed E-state index contributed by atoms with van der Waals surface area (Å²) < 4.78 is 5.37. The van der Waals surface area contributed by atoms with Crippen LogP contribution < -0.4 is 15.0 Å². The first-order valence-corrected chi connectivity index (χ1v) is 8.67. The van der Waals surface area contributed by atoms with Gasteiger partial charge in [-0.2, -0.15) is 0 Å². The van der Waals surface area contributed by atoms with Crippen LogP contribution in [0, 0.1) is 0 Å². The first-order valence-electron chi connectivity index (χ1n) is 8.67. The van der Waals surface area contributed by atoms with Gasteiger partial charge in [-0.25, -0.2) is 4.98 Å². The smallest absolute Gasteiger partial charge is 0.275 e. The highest BCUT2D eigenvalue weighted by molar-refractivity contribution is 6.04. The molecule has 0 atom stereocenters. The van der Waals surface area contributed by atoms with Gasteiger partial charge >= 0.3 is 0 Å². The molecule has 136 valence electrons. The van der Waals surface area contributed by atoms with E-state index in [2.05, 4.69) is 15.3 Å². The van der Waals surface area contributed by atoms with Crippen LogP contribution in [0.1, 0.15) is 23.3 Å². The van der Waals surface area contributed by atoms with Crippen molar-refractivity contribution in [2.45, 2.75) is 12.8 Å². The van der Waals surface area contributed by atoms with Gasteiger partial charge in [-0.3, -0.25) is 14.6 Å². The fraction of sp³-hybridized carbons (Fsp3) is 0.200. The van der Waals surface area contributed by atoms with Crippen molar-refractivity contribution in [3.8, 4) is 5.75 Å². The average molecular weight is 362 g/mol. The summed E-state index contributed by atoms with van der Waals surface area (Å²) in [4.78, 5) is 35.0. The Morgan fingerprint density at radius 1 is 1.19 bits per heavy atom. The Hall–Kier alpha value is -3.48. The lowest BCUT2D eigenvalue weighted by Gasteiger charge is -2.20. The summed E-state index contributed by atoms with van der Waals surface area (Å²) in [6.45, 7) is 0.642. The average Bonchev–Trinajstić information content (AvgIpc) is 3.13. The summed E-state index contributed by atoms with van der Waals surface area (Å²) in [5, 5.41) is 2.82. The van der Waals surface area contributed by atoms with Crippen molar-refractivity contribution in [1.82, 2.24) is 9.97 Å². The number of methoxy groups -OCH3 is 1. The molecule has 0 aliphatic carbocycles. The van der Waals surface area contributed by atoms with E-state index in [0.717, 1.165) is 11.9 Å². The number of aromatic nitrogens is 2. The largest absolute Gasteiger partial charge is 0.495 e. The Bertz CT molecular complexity index is 1030. The first kappa shape index (κ1) is 17.0. The van der Waals surface area contributed by atoms with E-state index in [4.69, 9.17) is 4.74 Å². The van der Waals surface area contributed by atoms with Crippen molar-refractivity contribution in [3.63, 3.8) is 0 Å². The number of carbonyl (C=O) groups excluding carboxylic acids is 2. The highest BCUT2D eigenvalue weighted by Crippen LogP contribution is 2.34. The predicted molar refractivity (Wildman–Crippen MR) is 102 cm³/mol. The van der Waals surface area contributed by atoms with Gasteiger partial charge in [-0.05, 0) is 36.8 Å². The molecule has 4 rings (SSSR count). The molecule has 0 bridgehead atoms. The van der Waals surface area contributed by atoms with Gasteiger partial charge < -0.3 is 15.0 Å². The van der Waals surface area contributed by atoms with Gasteiger partial charge in [-0.15, -0.1) is 0 Å². The summed E-state index contributed by atoms with van der Waals surface area (Å²) in [6.07, 6.45) is 2.78. The molecule has 0 radical (unpaired) electrons. The second kappa shape index (κ2) is 7.03. The molecule has 2 heterocycles. The number of ether oxygens (including phenoxy) is 1. The summed E-state index contributed by atoms with van der Waals surface area (Å²) in [5.41, 5.74) is 2.83. The number of anilines is 2. The van der Waals surface area contributed by atoms with Crippen molar-refractivity contribution < 1.29 is 14.3 Å². The number of benzene rings is 2. The van der Waals surface area contributed by atoms with E-state index in [0.29, 0.717) is 35.6 Å². The molecule has 1 aliphatic heterocycles. The summed E-state index contributed by atoms with van der Waals surface area (Å²) in [5.74, 6) is 0.281. The van der Waals surface area contributed by atoms with E-state index in [1.807, 2.05) is 24.3 Å². The number of rotatable bonds is 4. The van der Waals surface area contributed by atoms with Gasteiger partial charge in [0, 0.05) is 18.7 Å². The van der Waals surface area contributed by atoms with Crippen LogP contribution in [0.3, 0.4) is 0 Å². The van der Waals surface area contributed by atoms with Crippen molar-refractivity contribution in [1.29, 1.82) is 0 Å². The molecule has 1 aromatic heterocycles. The van der Waals surface area contributed by atoms with Gasteiger partial charge in [0.15, 0.2) is 0 Å². The molecular formula is C20H18N4O3. The summed E-state index contributed by atoms with van der Waals surface area (Å²) in [7, 11) is 1.56. The van der Waals surface area contributed by atoms with Gasteiger partial charge in [0.1, 0.15) is 11.4 Å². The number of hydrogen-bond acceptors (Lipinski definition) is 5. The molecular weight excluding hydrogens is 344 g/mol. The number of nitrogens with zero attached hydrogens (tertiary/aromatic N) is 3. The number of para-hydroxylation sites is 2. The van der Waals surface area contributed by atoms with E-state index in [1.54, 1.807) is 30.2 Å². The minimum Gasteiger partial charge on any atom is -0.495 e. The molecule has 3 aromatic rings. The van der Waals surface area contributed by atoms with Crippen LogP contribution in [0.15, 0.2) is 48.7 Å². The molecule has 1 aliphatic rings. The zero-order valence-electron chi connectivity index (χ0n) is 14.8. The normalized spacial score (nSPS) is 13.8. The molecule has 1 saturated heterocycles. The van der Waals surface area contributed by atoms with Crippen LogP contribution in [0.25, 0.3) is 11.0 Å².